The molecule has 2 rings (SSSR count). The van der Waals surface area contributed by atoms with Gasteiger partial charge in [0.05, 0.1) is 27.7 Å². The summed E-state index contributed by atoms with van der Waals surface area (Å²) < 4.78 is 12.5. The number of benzene rings is 2. The Kier molecular flexibility index (Phi) is 22.1. The van der Waals surface area contributed by atoms with Gasteiger partial charge in [-0.3, -0.25) is 9.59 Å². The predicted octanol–water partition coefficient (Wildman–Crippen LogP) is 11.5. The minimum atomic E-state index is -0.726. The Morgan fingerprint density at radius 2 is 1.00 bits per heavy atom. The van der Waals surface area contributed by atoms with Gasteiger partial charge in [-0.15, -0.1) is 0 Å². The maximum Gasteiger partial charge on any atom is 0.333 e. The number of quaternary nitrogens is 1. The molecule has 298 valence electrons. The fourth-order valence-electron chi connectivity index (χ4n) is 6.63. The maximum atomic E-state index is 12.9. The van der Waals surface area contributed by atoms with Crippen LogP contribution in [0.15, 0.2) is 34.1 Å². The molecule has 1 amide bonds. The second-order valence-electron chi connectivity index (χ2n) is 16.2. The first kappa shape index (κ1) is 46.3. The number of nitrogens with one attached hydrogen (secondary N) is 1. The van der Waals surface area contributed by atoms with Gasteiger partial charge in [0, 0.05) is 22.6 Å². The molecular formula is C45H73N2O5S+. The van der Waals surface area contributed by atoms with Crippen molar-refractivity contribution in [3.8, 4) is 11.5 Å². The molecule has 2 aromatic carbocycles. The molecule has 0 aliphatic rings. The number of aryl methyl sites for hydroxylation is 4. The van der Waals surface area contributed by atoms with Crippen molar-refractivity contribution >= 4 is 29.6 Å². The first-order valence-electron chi connectivity index (χ1n) is 20.6. The summed E-state index contributed by atoms with van der Waals surface area (Å²) in [4.78, 5) is 40.1. The number of ether oxygens (including phenoxy) is 2. The van der Waals surface area contributed by atoms with Crippen molar-refractivity contribution in [3.05, 3.63) is 46.5 Å². The number of amides is 1. The Morgan fingerprint density at radius 3 is 1.45 bits per heavy atom. The highest BCUT2D eigenvalue weighted by atomic mass is 32.2. The average molecular weight is 754 g/mol. The van der Waals surface area contributed by atoms with Crippen LogP contribution in [0, 0.1) is 27.7 Å². The Labute approximate surface area is 327 Å². The zero-order valence-corrected chi connectivity index (χ0v) is 35.7. The van der Waals surface area contributed by atoms with Crippen LogP contribution in [0.5, 0.6) is 11.5 Å². The van der Waals surface area contributed by atoms with Crippen LogP contribution in [0.2, 0.25) is 0 Å². The average Bonchev–Trinajstić information content (AvgIpc) is 3.06. The summed E-state index contributed by atoms with van der Waals surface area (Å²) in [7, 11) is 6.75. The molecule has 0 fully saturated rings. The number of carbonyl (C=O) groups is 3. The second kappa shape index (κ2) is 25.3. The lowest BCUT2D eigenvalue weighted by Crippen LogP contribution is -2.40. The molecule has 0 aliphatic carbocycles. The van der Waals surface area contributed by atoms with Crippen molar-refractivity contribution in [2.75, 3.05) is 27.7 Å². The number of unbranched alkanes of at least 4 members (excludes halogenated alkanes) is 15. The van der Waals surface area contributed by atoms with E-state index in [4.69, 9.17) is 9.47 Å². The first-order chi connectivity index (χ1) is 25.2. The molecule has 53 heavy (non-hydrogen) atoms. The SMILES string of the molecule is CCCCCCCCCCCC(=O)N[C@@H](C)C(=O)Oc1cc(C)c(Sc2c(C)cc(OC(=O)CCCCCCCCCC[N+](C)(C)C)cc2C)c(C)c1. The summed E-state index contributed by atoms with van der Waals surface area (Å²) >= 11 is 1.67. The van der Waals surface area contributed by atoms with Crippen LogP contribution in [0.1, 0.15) is 158 Å². The number of nitrogens with zero attached hydrogens (tertiary/aromatic N) is 1. The molecule has 0 unspecified atom stereocenters. The van der Waals surface area contributed by atoms with Crippen LogP contribution < -0.4 is 14.8 Å². The molecule has 0 aliphatic heterocycles. The van der Waals surface area contributed by atoms with Gasteiger partial charge in [0.15, 0.2) is 0 Å². The van der Waals surface area contributed by atoms with Gasteiger partial charge in [0.25, 0.3) is 0 Å². The van der Waals surface area contributed by atoms with Crippen molar-refractivity contribution in [2.45, 2.75) is 179 Å². The minimum absolute atomic E-state index is 0.110. The smallest absolute Gasteiger partial charge is 0.333 e. The molecule has 1 atom stereocenters. The number of carbonyl (C=O) groups excluding carboxylic acids is 3. The zero-order chi connectivity index (χ0) is 39.2. The van der Waals surface area contributed by atoms with E-state index in [1.807, 2.05) is 52.0 Å². The molecule has 0 heterocycles. The topological polar surface area (TPSA) is 81.7 Å². The highest BCUT2D eigenvalue weighted by Gasteiger charge is 2.20. The second-order valence-corrected chi connectivity index (χ2v) is 17.3. The van der Waals surface area contributed by atoms with Crippen molar-refractivity contribution in [2.24, 2.45) is 0 Å². The van der Waals surface area contributed by atoms with Crippen LogP contribution in [-0.4, -0.2) is 56.1 Å². The summed E-state index contributed by atoms with van der Waals surface area (Å²) in [6, 6.07) is 6.91. The number of hydrogen-bond donors (Lipinski definition) is 1. The van der Waals surface area contributed by atoms with Crippen molar-refractivity contribution in [1.82, 2.24) is 5.32 Å². The lowest BCUT2D eigenvalue weighted by atomic mass is 10.1. The molecule has 0 aromatic heterocycles. The standard InChI is InChI=1S/C45H72N2O5S/c1-10-11-12-13-14-15-18-21-24-27-41(48)46-38(6)45(50)52-40-32-36(4)44(37(5)33-40)53-43-34(2)30-39(31-35(43)3)51-42(49)28-25-22-19-16-17-20-23-26-29-47(7,8)9/h30-33,38H,10-29H2,1-9H3/p+1/t38-/m0/s1. The van der Waals surface area contributed by atoms with E-state index in [2.05, 4.69) is 33.4 Å². The third-order valence-electron chi connectivity index (χ3n) is 9.72. The predicted molar refractivity (Wildman–Crippen MR) is 221 cm³/mol. The van der Waals surface area contributed by atoms with E-state index >= 15 is 0 Å². The van der Waals surface area contributed by atoms with Gasteiger partial charge in [0.2, 0.25) is 5.91 Å². The molecular weight excluding hydrogens is 681 g/mol. The highest BCUT2D eigenvalue weighted by molar-refractivity contribution is 7.99. The van der Waals surface area contributed by atoms with Crippen molar-refractivity contribution in [3.63, 3.8) is 0 Å². The molecule has 0 spiro atoms. The number of esters is 2. The third kappa shape index (κ3) is 19.9. The fourth-order valence-corrected chi connectivity index (χ4v) is 7.72. The van der Waals surface area contributed by atoms with Crippen LogP contribution in [0.25, 0.3) is 0 Å². The van der Waals surface area contributed by atoms with Gasteiger partial charge in [-0.05, 0) is 107 Å². The van der Waals surface area contributed by atoms with Crippen molar-refractivity contribution < 1.29 is 28.3 Å². The Bertz CT molecular complexity index is 1370. The third-order valence-corrected chi connectivity index (χ3v) is 11.4. The largest absolute Gasteiger partial charge is 0.427 e. The fraction of sp³-hybridized carbons (Fsp3) is 0.667. The van der Waals surface area contributed by atoms with Gasteiger partial charge in [-0.1, -0.05) is 102 Å². The van der Waals surface area contributed by atoms with Crippen molar-refractivity contribution in [1.29, 1.82) is 0 Å². The molecule has 8 heteroatoms. The maximum absolute atomic E-state index is 12.9. The number of rotatable bonds is 27. The van der Waals surface area contributed by atoms with Crippen LogP contribution in [0.4, 0.5) is 0 Å². The van der Waals surface area contributed by atoms with E-state index in [0.717, 1.165) is 68.6 Å². The van der Waals surface area contributed by atoms with Crippen LogP contribution in [0.3, 0.4) is 0 Å². The lowest BCUT2D eigenvalue weighted by Gasteiger charge is -2.23. The quantitative estimate of drug-likeness (QED) is 0.0423. The molecule has 2 aromatic rings. The van der Waals surface area contributed by atoms with Gasteiger partial charge in [0.1, 0.15) is 17.5 Å². The van der Waals surface area contributed by atoms with Gasteiger partial charge < -0.3 is 19.3 Å². The van der Waals surface area contributed by atoms with E-state index in [-0.39, 0.29) is 11.9 Å². The van der Waals surface area contributed by atoms with Crippen LogP contribution in [-0.2, 0) is 14.4 Å². The zero-order valence-electron chi connectivity index (χ0n) is 34.9. The number of hydrogen-bond acceptors (Lipinski definition) is 6. The molecule has 0 bridgehead atoms. The summed E-state index contributed by atoms with van der Waals surface area (Å²) in [5, 5.41) is 2.81. The lowest BCUT2D eigenvalue weighted by molar-refractivity contribution is -0.870. The Morgan fingerprint density at radius 1 is 0.604 bits per heavy atom. The summed E-state index contributed by atoms with van der Waals surface area (Å²) in [6.45, 7) is 13.2. The molecule has 7 nitrogen and oxygen atoms in total. The van der Waals surface area contributed by atoms with E-state index in [9.17, 15) is 14.4 Å². The molecule has 1 N–H and O–H groups in total. The molecule has 0 saturated heterocycles. The Hall–Kier alpha value is -2.84. The molecule has 0 saturated carbocycles. The monoisotopic (exact) mass is 754 g/mol. The van der Waals surface area contributed by atoms with Gasteiger partial charge in [-0.25, -0.2) is 4.79 Å². The van der Waals surface area contributed by atoms with Gasteiger partial charge >= 0.3 is 11.9 Å². The summed E-state index contributed by atoms with van der Waals surface area (Å²) in [5.74, 6) is 0.304. The van der Waals surface area contributed by atoms with Crippen LogP contribution >= 0.6 is 11.8 Å². The van der Waals surface area contributed by atoms with E-state index < -0.39 is 12.0 Å². The van der Waals surface area contributed by atoms with E-state index in [1.54, 1.807) is 18.7 Å². The first-order valence-corrected chi connectivity index (χ1v) is 21.4. The highest BCUT2D eigenvalue weighted by Crippen LogP contribution is 2.40. The molecule has 0 radical (unpaired) electrons. The van der Waals surface area contributed by atoms with E-state index in [1.165, 1.54) is 83.6 Å². The van der Waals surface area contributed by atoms with Gasteiger partial charge in [-0.2, -0.15) is 0 Å². The minimum Gasteiger partial charge on any atom is -0.427 e. The Balaban J connectivity index is 1.78. The van der Waals surface area contributed by atoms with E-state index in [0.29, 0.717) is 24.3 Å². The normalized spacial score (nSPS) is 12.1. The summed E-state index contributed by atoms with van der Waals surface area (Å²) in [5.41, 5.74) is 4.07. The summed E-state index contributed by atoms with van der Waals surface area (Å²) in [6.07, 6.45) is 21.1.